The second-order valence-electron chi connectivity index (χ2n) is 5.71. The van der Waals surface area contributed by atoms with Crippen molar-refractivity contribution in [3.05, 3.63) is 24.3 Å². The van der Waals surface area contributed by atoms with Crippen molar-refractivity contribution >= 4 is 5.78 Å². The van der Waals surface area contributed by atoms with Crippen LogP contribution in [0.2, 0.25) is 0 Å². The summed E-state index contributed by atoms with van der Waals surface area (Å²) >= 11 is 0. The number of Topliss-reactive ketones (excluding diaryl/α,β-unsaturated/α-hetero) is 1. The minimum atomic E-state index is 0.328. The Bertz CT molecular complexity index is 263. The van der Waals surface area contributed by atoms with Crippen molar-refractivity contribution in [3.63, 3.8) is 0 Å². The van der Waals surface area contributed by atoms with E-state index >= 15 is 0 Å². The van der Waals surface area contributed by atoms with Gasteiger partial charge < -0.3 is 4.79 Å². The van der Waals surface area contributed by atoms with Gasteiger partial charge in [0.15, 0.2) is 0 Å². The summed E-state index contributed by atoms with van der Waals surface area (Å²) in [5.74, 6) is 0.328. The molecule has 0 saturated heterocycles. The number of ketones is 1. The molecule has 0 aliphatic carbocycles. The van der Waals surface area contributed by atoms with Crippen molar-refractivity contribution in [3.8, 4) is 0 Å². The molecule has 0 aromatic rings. The smallest absolute Gasteiger partial charge is 0.129 e. The molecule has 0 aromatic heterocycles. The Kier molecular flexibility index (Phi) is 15.5. The molecule has 0 amide bonds. The summed E-state index contributed by atoms with van der Waals surface area (Å²) in [6.45, 7) is 3.93. The van der Waals surface area contributed by atoms with Gasteiger partial charge in [0, 0.05) is 6.42 Å². The molecule has 0 N–H and O–H groups in total. The van der Waals surface area contributed by atoms with E-state index in [-0.39, 0.29) is 0 Å². The van der Waals surface area contributed by atoms with Crippen molar-refractivity contribution < 1.29 is 4.79 Å². The zero-order valence-electron chi connectivity index (χ0n) is 13.7. The third kappa shape index (κ3) is 17.2. The van der Waals surface area contributed by atoms with Crippen LogP contribution in [0.4, 0.5) is 0 Å². The van der Waals surface area contributed by atoms with E-state index in [4.69, 9.17) is 0 Å². The molecule has 0 bridgehead atoms. The van der Waals surface area contributed by atoms with Gasteiger partial charge in [-0.3, -0.25) is 0 Å². The maximum atomic E-state index is 10.8. The number of carbonyl (C=O) groups excluding carboxylic acids is 1. The maximum Gasteiger partial charge on any atom is 0.129 e. The van der Waals surface area contributed by atoms with Crippen molar-refractivity contribution in [2.24, 2.45) is 0 Å². The van der Waals surface area contributed by atoms with E-state index in [1.54, 1.807) is 6.92 Å². The molecule has 0 fully saturated rings. The highest BCUT2D eigenvalue weighted by Gasteiger charge is 1.93. The van der Waals surface area contributed by atoms with Crippen LogP contribution in [0.3, 0.4) is 0 Å². The summed E-state index contributed by atoms with van der Waals surface area (Å²) in [7, 11) is 0. The maximum absolute atomic E-state index is 10.8. The fourth-order valence-corrected chi connectivity index (χ4v) is 2.21. The fourth-order valence-electron chi connectivity index (χ4n) is 2.21. The first-order valence-electron chi connectivity index (χ1n) is 8.58. The van der Waals surface area contributed by atoms with E-state index in [1.807, 2.05) is 0 Å². The molecule has 0 unspecified atom stereocenters. The Morgan fingerprint density at radius 2 is 1.25 bits per heavy atom. The van der Waals surface area contributed by atoms with Gasteiger partial charge in [0.2, 0.25) is 0 Å². The van der Waals surface area contributed by atoms with Crippen LogP contribution in [0.15, 0.2) is 24.3 Å². The second kappa shape index (κ2) is 16.2. The summed E-state index contributed by atoms with van der Waals surface area (Å²) in [5, 5.41) is 0. The van der Waals surface area contributed by atoms with Crippen LogP contribution in [0.5, 0.6) is 0 Å². The first-order valence-corrected chi connectivity index (χ1v) is 8.58. The monoisotopic (exact) mass is 278 g/mol. The van der Waals surface area contributed by atoms with Crippen LogP contribution < -0.4 is 0 Å². The summed E-state index contributed by atoms with van der Waals surface area (Å²) in [6, 6.07) is 0. The molecule has 20 heavy (non-hydrogen) atoms. The zero-order valence-corrected chi connectivity index (χ0v) is 13.7. The minimum absolute atomic E-state index is 0.328. The van der Waals surface area contributed by atoms with Crippen LogP contribution in [-0.4, -0.2) is 5.78 Å². The molecule has 0 heterocycles. The number of hydrogen-bond donors (Lipinski definition) is 0. The molecule has 0 aliphatic rings. The van der Waals surface area contributed by atoms with Gasteiger partial charge in [-0.2, -0.15) is 0 Å². The van der Waals surface area contributed by atoms with Gasteiger partial charge >= 0.3 is 0 Å². The predicted molar refractivity (Wildman–Crippen MR) is 90.0 cm³/mol. The lowest BCUT2D eigenvalue weighted by Gasteiger charge is -1.98. The lowest BCUT2D eigenvalue weighted by molar-refractivity contribution is -0.117. The third-order valence-corrected chi connectivity index (χ3v) is 3.51. The van der Waals surface area contributed by atoms with E-state index in [9.17, 15) is 4.79 Å². The summed E-state index contributed by atoms with van der Waals surface area (Å²) in [6.07, 6.45) is 23.6. The number of unbranched alkanes of at least 4 members (excludes halogenated alkanes) is 9. The second-order valence-corrected chi connectivity index (χ2v) is 5.71. The van der Waals surface area contributed by atoms with E-state index < -0.39 is 0 Å². The lowest BCUT2D eigenvalue weighted by atomic mass is 10.1. The molecule has 0 saturated carbocycles. The van der Waals surface area contributed by atoms with Crippen LogP contribution in [0.25, 0.3) is 0 Å². The Balaban J connectivity index is 3.19. The van der Waals surface area contributed by atoms with Crippen molar-refractivity contribution in [2.45, 2.75) is 90.9 Å². The SMILES string of the molecule is CCCCCC/C=C/C=C\CCCCCCCC(C)=O. The number of carbonyl (C=O) groups is 1. The van der Waals surface area contributed by atoms with Gasteiger partial charge in [-0.05, 0) is 39.0 Å². The Morgan fingerprint density at radius 1 is 0.750 bits per heavy atom. The van der Waals surface area contributed by atoms with Gasteiger partial charge in [0.25, 0.3) is 0 Å². The average Bonchev–Trinajstić information content (AvgIpc) is 2.43. The largest absolute Gasteiger partial charge is 0.300 e. The summed E-state index contributed by atoms with van der Waals surface area (Å²) in [4.78, 5) is 10.8. The lowest BCUT2D eigenvalue weighted by Crippen LogP contribution is -1.89. The molecule has 0 aliphatic heterocycles. The van der Waals surface area contributed by atoms with E-state index in [1.165, 1.54) is 64.2 Å². The topological polar surface area (TPSA) is 17.1 Å². The molecule has 0 rings (SSSR count). The first-order chi connectivity index (χ1) is 9.77. The number of rotatable bonds is 14. The Morgan fingerprint density at radius 3 is 1.80 bits per heavy atom. The minimum Gasteiger partial charge on any atom is -0.300 e. The van der Waals surface area contributed by atoms with E-state index in [0.717, 1.165) is 12.8 Å². The molecular formula is C19H34O. The highest BCUT2D eigenvalue weighted by Crippen LogP contribution is 2.08. The molecule has 0 spiro atoms. The highest BCUT2D eigenvalue weighted by atomic mass is 16.1. The third-order valence-electron chi connectivity index (χ3n) is 3.51. The van der Waals surface area contributed by atoms with Crippen molar-refractivity contribution in [1.82, 2.24) is 0 Å². The van der Waals surface area contributed by atoms with Gasteiger partial charge in [-0.25, -0.2) is 0 Å². The highest BCUT2D eigenvalue weighted by molar-refractivity contribution is 5.75. The quantitative estimate of drug-likeness (QED) is 0.266. The molecule has 1 nitrogen and oxygen atoms in total. The van der Waals surface area contributed by atoms with Crippen molar-refractivity contribution in [1.29, 1.82) is 0 Å². The predicted octanol–water partition coefficient (Wildman–Crippen LogP) is 6.39. The number of allylic oxidation sites excluding steroid dienone is 4. The van der Waals surface area contributed by atoms with Crippen molar-refractivity contribution in [2.75, 3.05) is 0 Å². The Labute approximate surface area is 126 Å². The van der Waals surface area contributed by atoms with E-state index in [0.29, 0.717) is 5.78 Å². The average molecular weight is 278 g/mol. The Hall–Kier alpha value is -0.850. The molecule has 0 atom stereocenters. The molecular weight excluding hydrogens is 244 g/mol. The standard InChI is InChI=1S/C19H34O/c1-3-4-5-6-7-8-9-10-11-12-13-14-15-16-17-18-19(2)20/h8-11H,3-7,12-18H2,1-2H3/b9-8+,11-10-. The van der Waals surface area contributed by atoms with Gasteiger partial charge in [-0.15, -0.1) is 0 Å². The van der Waals surface area contributed by atoms with Gasteiger partial charge in [-0.1, -0.05) is 69.8 Å². The molecule has 0 radical (unpaired) electrons. The number of hydrogen-bond acceptors (Lipinski definition) is 1. The van der Waals surface area contributed by atoms with Crippen LogP contribution in [0.1, 0.15) is 90.9 Å². The van der Waals surface area contributed by atoms with E-state index in [2.05, 4.69) is 31.2 Å². The fraction of sp³-hybridized carbons (Fsp3) is 0.737. The molecule has 116 valence electrons. The van der Waals surface area contributed by atoms with Gasteiger partial charge in [0.05, 0.1) is 0 Å². The summed E-state index contributed by atoms with van der Waals surface area (Å²) < 4.78 is 0. The van der Waals surface area contributed by atoms with Crippen LogP contribution in [0, 0.1) is 0 Å². The first kappa shape index (κ1) is 19.1. The molecule has 0 aromatic carbocycles. The van der Waals surface area contributed by atoms with Gasteiger partial charge in [0.1, 0.15) is 5.78 Å². The summed E-state index contributed by atoms with van der Waals surface area (Å²) in [5.41, 5.74) is 0. The molecule has 1 heteroatoms. The normalized spacial score (nSPS) is 11.7. The van der Waals surface area contributed by atoms with Crippen LogP contribution in [-0.2, 0) is 4.79 Å². The van der Waals surface area contributed by atoms with Crippen LogP contribution >= 0.6 is 0 Å². The zero-order chi connectivity index (χ0) is 14.9.